The second-order valence-electron chi connectivity index (χ2n) is 4.95. The van der Waals surface area contributed by atoms with Crippen LogP contribution in [0.25, 0.3) is 0 Å². The van der Waals surface area contributed by atoms with Crippen molar-refractivity contribution >= 4 is 15.9 Å². The molecular formula is C15H19BrFN3. The second-order valence-corrected chi connectivity index (χ2v) is 5.74. The van der Waals surface area contributed by atoms with Gasteiger partial charge in [-0.3, -0.25) is 4.68 Å². The maximum Gasteiger partial charge on any atom is 0.126 e. The highest BCUT2D eigenvalue weighted by atomic mass is 79.9. The summed E-state index contributed by atoms with van der Waals surface area (Å²) in [7, 11) is 3.81. The molecule has 1 N–H and O–H groups in total. The van der Waals surface area contributed by atoms with E-state index in [1.165, 1.54) is 6.07 Å². The van der Waals surface area contributed by atoms with Crippen molar-refractivity contribution in [3.05, 3.63) is 51.5 Å². The van der Waals surface area contributed by atoms with Gasteiger partial charge in [0, 0.05) is 19.5 Å². The van der Waals surface area contributed by atoms with Crippen LogP contribution in [0.4, 0.5) is 4.39 Å². The van der Waals surface area contributed by atoms with Crippen molar-refractivity contribution in [3.63, 3.8) is 0 Å². The number of halogens is 2. The Kier molecular flexibility index (Phi) is 4.94. The summed E-state index contributed by atoms with van der Waals surface area (Å²) in [6.07, 6.45) is 0.736. The summed E-state index contributed by atoms with van der Waals surface area (Å²) in [4.78, 5) is 0. The first-order valence-electron chi connectivity index (χ1n) is 6.61. The topological polar surface area (TPSA) is 29.9 Å². The van der Waals surface area contributed by atoms with Crippen molar-refractivity contribution in [1.29, 1.82) is 0 Å². The predicted octanol–water partition coefficient (Wildman–Crippen LogP) is 3.18. The first-order valence-corrected chi connectivity index (χ1v) is 7.41. The number of nitrogens with zero attached hydrogens (tertiary/aromatic N) is 2. The van der Waals surface area contributed by atoms with Crippen LogP contribution in [0.3, 0.4) is 0 Å². The third-order valence-corrected chi connectivity index (χ3v) is 4.53. The Hall–Kier alpha value is -1.20. The Morgan fingerprint density at radius 1 is 1.40 bits per heavy atom. The van der Waals surface area contributed by atoms with E-state index in [-0.39, 0.29) is 11.7 Å². The van der Waals surface area contributed by atoms with Crippen molar-refractivity contribution in [3.8, 4) is 0 Å². The minimum atomic E-state index is -0.150. The van der Waals surface area contributed by atoms with Crippen LogP contribution in [0.2, 0.25) is 0 Å². The van der Waals surface area contributed by atoms with E-state index >= 15 is 0 Å². The van der Waals surface area contributed by atoms with Crippen molar-refractivity contribution in [2.75, 3.05) is 13.6 Å². The zero-order valence-electron chi connectivity index (χ0n) is 12.0. The fraction of sp³-hybridized carbons (Fsp3) is 0.400. The molecule has 0 fully saturated rings. The van der Waals surface area contributed by atoms with Gasteiger partial charge in [-0.15, -0.1) is 0 Å². The fourth-order valence-electron chi connectivity index (χ4n) is 2.48. The summed E-state index contributed by atoms with van der Waals surface area (Å²) in [5.41, 5.74) is 2.79. The number of aromatic nitrogens is 2. The molecule has 2 rings (SSSR count). The molecule has 1 aromatic heterocycles. The second kappa shape index (κ2) is 6.50. The van der Waals surface area contributed by atoms with E-state index in [9.17, 15) is 4.39 Å². The smallest absolute Gasteiger partial charge is 0.126 e. The van der Waals surface area contributed by atoms with Gasteiger partial charge in [0.2, 0.25) is 0 Å². The summed E-state index contributed by atoms with van der Waals surface area (Å²) in [6, 6.07) is 6.97. The molecular weight excluding hydrogens is 321 g/mol. The van der Waals surface area contributed by atoms with Crippen LogP contribution in [0.5, 0.6) is 0 Å². The average Bonchev–Trinajstić information content (AvgIpc) is 2.65. The molecule has 108 valence electrons. The summed E-state index contributed by atoms with van der Waals surface area (Å²) >= 11 is 3.57. The van der Waals surface area contributed by atoms with E-state index in [0.717, 1.165) is 34.4 Å². The molecule has 0 spiro atoms. The van der Waals surface area contributed by atoms with E-state index in [0.29, 0.717) is 0 Å². The quantitative estimate of drug-likeness (QED) is 0.906. The molecule has 1 heterocycles. The van der Waals surface area contributed by atoms with Crippen LogP contribution < -0.4 is 5.32 Å². The monoisotopic (exact) mass is 339 g/mol. The van der Waals surface area contributed by atoms with E-state index in [2.05, 4.69) is 26.3 Å². The van der Waals surface area contributed by atoms with Crippen molar-refractivity contribution in [1.82, 2.24) is 15.1 Å². The molecule has 0 amide bonds. The maximum atomic E-state index is 14.0. The van der Waals surface area contributed by atoms with Gasteiger partial charge in [0.25, 0.3) is 0 Å². The third kappa shape index (κ3) is 3.10. The third-order valence-electron chi connectivity index (χ3n) is 3.50. The van der Waals surface area contributed by atoms with Gasteiger partial charge < -0.3 is 5.32 Å². The fourth-order valence-corrected chi connectivity index (χ4v) is 2.98. The standard InChI is InChI=1S/C15H19BrFN3/c1-10-15(16)14(20(3)19-10)8-11(9-18-2)12-6-4-5-7-13(12)17/h4-7,11,18H,8-9H2,1-3H3. The number of nitrogens with one attached hydrogen (secondary N) is 1. The zero-order chi connectivity index (χ0) is 14.7. The highest BCUT2D eigenvalue weighted by Gasteiger charge is 2.20. The summed E-state index contributed by atoms with van der Waals surface area (Å²) in [6.45, 7) is 2.68. The summed E-state index contributed by atoms with van der Waals surface area (Å²) in [5, 5.41) is 7.54. The van der Waals surface area contributed by atoms with Crippen LogP contribution in [0, 0.1) is 12.7 Å². The van der Waals surface area contributed by atoms with Gasteiger partial charge in [0.15, 0.2) is 0 Å². The van der Waals surface area contributed by atoms with Crippen LogP contribution in [-0.4, -0.2) is 23.4 Å². The minimum Gasteiger partial charge on any atom is -0.319 e. The molecule has 3 nitrogen and oxygen atoms in total. The number of hydrogen-bond donors (Lipinski definition) is 1. The molecule has 1 aromatic carbocycles. The van der Waals surface area contributed by atoms with Gasteiger partial charge >= 0.3 is 0 Å². The predicted molar refractivity (Wildman–Crippen MR) is 82.4 cm³/mol. The molecule has 2 aromatic rings. The SMILES string of the molecule is CNCC(Cc1c(Br)c(C)nn1C)c1ccccc1F. The Morgan fingerprint density at radius 2 is 2.10 bits per heavy atom. The molecule has 0 aliphatic rings. The molecule has 0 aliphatic heterocycles. The van der Waals surface area contributed by atoms with Crippen LogP contribution in [0.1, 0.15) is 22.9 Å². The van der Waals surface area contributed by atoms with Gasteiger partial charge in [-0.05, 0) is 48.0 Å². The molecule has 0 bridgehead atoms. The molecule has 1 atom stereocenters. The Bertz CT molecular complexity index is 595. The van der Waals surface area contributed by atoms with Gasteiger partial charge in [-0.1, -0.05) is 18.2 Å². The Labute approximate surface area is 127 Å². The lowest BCUT2D eigenvalue weighted by Gasteiger charge is -2.18. The highest BCUT2D eigenvalue weighted by molar-refractivity contribution is 9.10. The first kappa shape index (κ1) is 15.2. The lowest BCUT2D eigenvalue weighted by Crippen LogP contribution is -2.21. The largest absolute Gasteiger partial charge is 0.319 e. The molecule has 5 heteroatoms. The number of likely N-dealkylation sites (N-methyl/N-ethyl adjacent to an activating group) is 1. The minimum absolute atomic E-state index is 0.0762. The molecule has 0 saturated heterocycles. The van der Waals surface area contributed by atoms with Crippen LogP contribution >= 0.6 is 15.9 Å². The summed E-state index contributed by atoms with van der Waals surface area (Å²) < 4.78 is 16.9. The van der Waals surface area contributed by atoms with E-state index < -0.39 is 0 Å². The maximum absolute atomic E-state index is 14.0. The first-order chi connectivity index (χ1) is 9.54. The van der Waals surface area contributed by atoms with E-state index in [1.54, 1.807) is 6.07 Å². The van der Waals surface area contributed by atoms with Crippen molar-refractivity contribution in [2.24, 2.45) is 7.05 Å². The Balaban J connectivity index is 2.33. The van der Waals surface area contributed by atoms with Gasteiger partial charge in [0.05, 0.1) is 15.9 Å². The van der Waals surface area contributed by atoms with E-state index in [4.69, 9.17) is 0 Å². The number of rotatable bonds is 5. The van der Waals surface area contributed by atoms with Crippen molar-refractivity contribution in [2.45, 2.75) is 19.3 Å². The van der Waals surface area contributed by atoms with Gasteiger partial charge in [-0.25, -0.2) is 4.39 Å². The number of hydrogen-bond acceptors (Lipinski definition) is 2. The zero-order valence-corrected chi connectivity index (χ0v) is 13.5. The van der Waals surface area contributed by atoms with Crippen LogP contribution in [-0.2, 0) is 13.5 Å². The number of benzene rings is 1. The summed E-state index contributed by atoms with van der Waals surface area (Å²) in [5.74, 6) is -0.0740. The highest BCUT2D eigenvalue weighted by Crippen LogP contribution is 2.28. The van der Waals surface area contributed by atoms with E-state index in [1.807, 2.05) is 37.8 Å². The molecule has 0 saturated carbocycles. The molecule has 0 aliphatic carbocycles. The lowest BCUT2D eigenvalue weighted by atomic mass is 9.93. The molecule has 1 unspecified atom stereocenters. The Morgan fingerprint density at radius 3 is 2.65 bits per heavy atom. The van der Waals surface area contributed by atoms with Crippen LogP contribution in [0.15, 0.2) is 28.7 Å². The normalized spacial score (nSPS) is 12.7. The molecule has 20 heavy (non-hydrogen) atoms. The lowest BCUT2D eigenvalue weighted by molar-refractivity contribution is 0.542. The van der Waals surface area contributed by atoms with Crippen molar-refractivity contribution < 1.29 is 4.39 Å². The van der Waals surface area contributed by atoms with Gasteiger partial charge in [-0.2, -0.15) is 5.10 Å². The number of aryl methyl sites for hydroxylation is 2. The van der Waals surface area contributed by atoms with Gasteiger partial charge in [0.1, 0.15) is 5.82 Å². The molecule has 0 radical (unpaired) electrons. The average molecular weight is 340 g/mol.